The van der Waals surface area contributed by atoms with Crippen LogP contribution in [0.5, 0.6) is 0 Å². The van der Waals surface area contributed by atoms with Gasteiger partial charge in [-0.15, -0.1) is 0 Å². The van der Waals surface area contributed by atoms with Crippen LogP contribution in [-0.4, -0.2) is 60.4 Å². The highest BCUT2D eigenvalue weighted by atomic mass is 16.5. The molecule has 0 aliphatic heterocycles. The van der Waals surface area contributed by atoms with Crippen LogP contribution in [0.15, 0.2) is 0 Å². The molecule has 0 bridgehead atoms. The Bertz CT molecular complexity index is 728. The minimum Gasteiger partial charge on any atom is -0.462 e. The molecule has 304 valence electrons. The third-order valence-corrected chi connectivity index (χ3v) is 10.6. The number of carbonyl (C=O) groups is 2. The molecule has 0 saturated carbocycles. The van der Waals surface area contributed by atoms with Crippen molar-refractivity contribution in [2.45, 2.75) is 246 Å². The molecule has 1 N–H and O–H groups in total. The zero-order chi connectivity index (χ0) is 37.6. The van der Waals surface area contributed by atoms with Crippen molar-refractivity contribution in [1.82, 2.24) is 4.90 Å². The molecule has 6 heteroatoms. The van der Waals surface area contributed by atoms with Crippen molar-refractivity contribution in [3.8, 4) is 0 Å². The summed E-state index contributed by atoms with van der Waals surface area (Å²) >= 11 is 0. The summed E-state index contributed by atoms with van der Waals surface area (Å²) in [6.07, 6.45) is 35.5. The molecule has 0 spiro atoms. The number of aliphatic hydroxyl groups excluding tert-OH is 1. The number of nitrogens with zero attached hydrogens (tertiary/aromatic N) is 1. The quantitative estimate of drug-likeness (QED) is 0.0501. The maximum Gasteiger partial charge on any atom is 0.306 e. The van der Waals surface area contributed by atoms with E-state index in [0.29, 0.717) is 25.3 Å². The highest BCUT2D eigenvalue weighted by molar-refractivity contribution is 5.69. The van der Waals surface area contributed by atoms with E-state index in [2.05, 4.69) is 39.5 Å². The number of hydrogen-bond acceptors (Lipinski definition) is 6. The number of carbonyl (C=O) groups excluding carboxylic acids is 2. The van der Waals surface area contributed by atoms with E-state index in [-0.39, 0.29) is 30.8 Å². The number of esters is 2. The first-order valence-corrected chi connectivity index (χ1v) is 22.6. The molecule has 0 aliphatic carbocycles. The van der Waals surface area contributed by atoms with Crippen molar-refractivity contribution in [3.05, 3.63) is 0 Å². The largest absolute Gasteiger partial charge is 0.462 e. The average molecular weight is 724 g/mol. The van der Waals surface area contributed by atoms with Crippen molar-refractivity contribution in [2.75, 3.05) is 26.2 Å². The van der Waals surface area contributed by atoms with Crippen LogP contribution < -0.4 is 0 Å². The van der Waals surface area contributed by atoms with Crippen LogP contribution in [0.25, 0.3) is 0 Å². The minimum atomic E-state index is -0.0405. The summed E-state index contributed by atoms with van der Waals surface area (Å²) in [5.41, 5.74) is 0. The predicted molar refractivity (Wildman–Crippen MR) is 218 cm³/mol. The Morgan fingerprint density at radius 1 is 0.471 bits per heavy atom. The molecular formula is C45H89NO5. The normalized spacial score (nSPS) is 12.3. The third-order valence-electron chi connectivity index (χ3n) is 10.6. The van der Waals surface area contributed by atoms with E-state index in [4.69, 9.17) is 9.47 Å². The minimum absolute atomic E-state index is 0.00672. The van der Waals surface area contributed by atoms with Crippen LogP contribution >= 0.6 is 0 Å². The van der Waals surface area contributed by atoms with Gasteiger partial charge in [0.2, 0.25) is 0 Å². The summed E-state index contributed by atoms with van der Waals surface area (Å²) in [6.45, 7) is 13.9. The Morgan fingerprint density at radius 2 is 0.843 bits per heavy atom. The molecule has 6 nitrogen and oxygen atoms in total. The monoisotopic (exact) mass is 724 g/mol. The van der Waals surface area contributed by atoms with E-state index < -0.39 is 0 Å². The molecular weight excluding hydrogens is 634 g/mol. The molecule has 0 heterocycles. The van der Waals surface area contributed by atoms with Crippen LogP contribution in [-0.2, 0) is 19.1 Å². The fraction of sp³-hybridized carbons (Fsp3) is 0.956. The molecule has 0 radical (unpaired) electrons. The van der Waals surface area contributed by atoms with Gasteiger partial charge in [-0.25, -0.2) is 0 Å². The Kier molecular flexibility index (Phi) is 37.7. The van der Waals surface area contributed by atoms with E-state index in [1.54, 1.807) is 0 Å². The first-order chi connectivity index (χ1) is 24.9. The van der Waals surface area contributed by atoms with Crippen molar-refractivity contribution < 1.29 is 24.2 Å². The van der Waals surface area contributed by atoms with E-state index >= 15 is 0 Å². The molecule has 0 rings (SSSR count). The molecule has 0 fully saturated rings. The van der Waals surface area contributed by atoms with E-state index in [0.717, 1.165) is 90.1 Å². The van der Waals surface area contributed by atoms with E-state index in [1.807, 2.05) is 0 Å². The van der Waals surface area contributed by atoms with Gasteiger partial charge in [-0.2, -0.15) is 0 Å². The lowest BCUT2D eigenvalue weighted by molar-refractivity contribution is -0.152. The summed E-state index contributed by atoms with van der Waals surface area (Å²) in [5.74, 6) is 0.332. The zero-order valence-electron chi connectivity index (χ0n) is 35.0. The maximum atomic E-state index is 12.7. The van der Waals surface area contributed by atoms with Crippen molar-refractivity contribution in [3.63, 3.8) is 0 Å². The zero-order valence-corrected chi connectivity index (χ0v) is 35.0. The summed E-state index contributed by atoms with van der Waals surface area (Å²) < 4.78 is 11.9. The average Bonchev–Trinajstić information content (AvgIpc) is 3.11. The highest BCUT2D eigenvalue weighted by Gasteiger charge is 2.18. The van der Waals surface area contributed by atoms with Gasteiger partial charge in [-0.3, -0.25) is 9.59 Å². The van der Waals surface area contributed by atoms with Gasteiger partial charge in [0.1, 0.15) is 12.2 Å². The third kappa shape index (κ3) is 34.4. The van der Waals surface area contributed by atoms with Gasteiger partial charge in [-0.05, 0) is 83.2 Å². The van der Waals surface area contributed by atoms with Gasteiger partial charge < -0.3 is 19.5 Å². The summed E-state index contributed by atoms with van der Waals surface area (Å²) in [5, 5.41) is 9.58. The van der Waals surface area contributed by atoms with Gasteiger partial charge in [0.15, 0.2) is 0 Å². The molecule has 0 aliphatic rings. The standard InChI is InChI=1S/C45H89NO5/c1-6-9-12-15-19-25-32-42(33-26-20-16-13-10-7-2)50-44(48)35-28-22-18-23-30-37-46(39-40-47)38-31-24-29-36-45(49)51-43(41(4)5)34-27-21-17-14-11-8-3/h41-43,47H,6-40H2,1-5H3. The first-order valence-electron chi connectivity index (χ1n) is 22.6. The maximum absolute atomic E-state index is 12.7. The Morgan fingerprint density at radius 3 is 1.29 bits per heavy atom. The van der Waals surface area contributed by atoms with Crippen LogP contribution in [0, 0.1) is 5.92 Å². The molecule has 1 unspecified atom stereocenters. The number of rotatable bonds is 40. The van der Waals surface area contributed by atoms with Crippen LogP contribution in [0.4, 0.5) is 0 Å². The predicted octanol–water partition coefficient (Wildman–Crippen LogP) is 12.9. The number of ether oxygens (including phenoxy) is 2. The fourth-order valence-corrected chi connectivity index (χ4v) is 7.09. The first kappa shape index (κ1) is 49.9. The van der Waals surface area contributed by atoms with Crippen LogP contribution in [0.3, 0.4) is 0 Å². The van der Waals surface area contributed by atoms with Gasteiger partial charge in [0, 0.05) is 19.4 Å². The molecule has 0 amide bonds. The molecule has 51 heavy (non-hydrogen) atoms. The lowest BCUT2D eigenvalue weighted by atomic mass is 9.99. The van der Waals surface area contributed by atoms with E-state index in [1.165, 1.54) is 109 Å². The van der Waals surface area contributed by atoms with E-state index in [9.17, 15) is 14.7 Å². The number of hydrogen-bond donors (Lipinski definition) is 1. The second-order valence-corrected chi connectivity index (χ2v) is 15.9. The topological polar surface area (TPSA) is 76.1 Å². The van der Waals surface area contributed by atoms with Crippen LogP contribution in [0.2, 0.25) is 0 Å². The summed E-state index contributed by atoms with van der Waals surface area (Å²) in [7, 11) is 0. The Hall–Kier alpha value is -1.14. The van der Waals surface area contributed by atoms with Gasteiger partial charge in [0.25, 0.3) is 0 Å². The van der Waals surface area contributed by atoms with Gasteiger partial charge in [-0.1, -0.05) is 157 Å². The highest BCUT2D eigenvalue weighted by Crippen LogP contribution is 2.20. The van der Waals surface area contributed by atoms with Crippen molar-refractivity contribution in [1.29, 1.82) is 0 Å². The van der Waals surface area contributed by atoms with Crippen molar-refractivity contribution in [2.24, 2.45) is 5.92 Å². The summed E-state index contributed by atoms with van der Waals surface area (Å²) in [6, 6.07) is 0. The van der Waals surface area contributed by atoms with Gasteiger partial charge in [0.05, 0.1) is 6.61 Å². The number of aliphatic hydroxyl groups is 1. The van der Waals surface area contributed by atoms with Crippen molar-refractivity contribution >= 4 is 11.9 Å². The fourth-order valence-electron chi connectivity index (χ4n) is 7.09. The number of unbranched alkanes of at least 4 members (excludes halogenated alkanes) is 21. The Balaban J connectivity index is 4.16. The molecule has 0 aromatic heterocycles. The molecule has 0 aromatic rings. The van der Waals surface area contributed by atoms with Crippen LogP contribution in [0.1, 0.15) is 234 Å². The second kappa shape index (κ2) is 38.6. The molecule has 1 atom stereocenters. The lowest BCUT2D eigenvalue weighted by Gasteiger charge is -2.22. The smallest absolute Gasteiger partial charge is 0.306 e. The Labute approximate surface area is 318 Å². The van der Waals surface area contributed by atoms with Gasteiger partial charge >= 0.3 is 11.9 Å². The molecule has 0 saturated heterocycles. The second-order valence-electron chi connectivity index (χ2n) is 15.9. The SMILES string of the molecule is CCCCCCCCC(CCCCCCCC)OC(=O)CCCCCCCN(CCO)CCCCCC(=O)OC(CCCCCCCC)C(C)C. The summed E-state index contributed by atoms with van der Waals surface area (Å²) in [4.78, 5) is 27.6. The lowest BCUT2D eigenvalue weighted by Crippen LogP contribution is -2.29. The molecule has 0 aromatic carbocycles.